The smallest absolute Gasteiger partial charge is 0.491 e. The Kier molecular flexibility index (Phi) is 3.95. The summed E-state index contributed by atoms with van der Waals surface area (Å²) in [6.45, 7) is 0. The fourth-order valence-corrected chi connectivity index (χ4v) is 2.65. The standard InChI is InChI=1S/C14H12BF4NO3/c1-22-13-11(17)10(16)5-7-4-8(14(21)23-15(18)19)6-20(12(7)13)9-2-3-9/h5-6,9H,2-4H2,1H3. The summed E-state index contributed by atoms with van der Waals surface area (Å²) in [7, 11) is -2.02. The van der Waals surface area contributed by atoms with Crippen molar-refractivity contribution in [2.24, 2.45) is 0 Å². The highest BCUT2D eigenvalue weighted by atomic mass is 19.2. The van der Waals surface area contributed by atoms with Crippen LogP contribution in [0.2, 0.25) is 0 Å². The molecule has 1 aliphatic heterocycles. The summed E-state index contributed by atoms with van der Waals surface area (Å²) in [6, 6.07) is 0.938. The highest BCUT2D eigenvalue weighted by Gasteiger charge is 2.37. The molecular formula is C14H12BF4NO3. The van der Waals surface area contributed by atoms with Gasteiger partial charge in [0.1, 0.15) is 0 Å². The summed E-state index contributed by atoms with van der Waals surface area (Å²) < 4.78 is 61.0. The molecule has 1 aromatic carbocycles. The van der Waals surface area contributed by atoms with Gasteiger partial charge in [-0.1, -0.05) is 0 Å². The van der Waals surface area contributed by atoms with E-state index in [1.807, 2.05) is 0 Å². The van der Waals surface area contributed by atoms with Gasteiger partial charge in [-0.15, -0.1) is 0 Å². The number of nitrogens with zero attached hydrogens (tertiary/aromatic N) is 1. The van der Waals surface area contributed by atoms with Gasteiger partial charge in [-0.25, -0.2) is 17.8 Å². The van der Waals surface area contributed by atoms with Crippen LogP contribution in [-0.2, 0) is 15.9 Å². The number of carbonyl (C=O) groups is 1. The third kappa shape index (κ3) is 2.87. The zero-order valence-electron chi connectivity index (χ0n) is 12.1. The lowest BCUT2D eigenvalue weighted by Crippen LogP contribution is -2.29. The van der Waals surface area contributed by atoms with Crippen molar-refractivity contribution >= 4 is 19.1 Å². The SMILES string of the molecule is COc1c(F)c(F)cc2c1N(C1CC1)C=C(C(=O)OB(F)F)C2. The van der Waals surface area contributed by atoms with Crippen LogP contribution >= 0.6 is 0 Å². The lowest BCUT2D eigenvalue weighted by molar-refractivity contribution is -0.131. The molecule has 0 saturated heterocycles. The highest BCUT2D eigenvalue weighted by molar-refractivity contribution is 6.38. The van der Waals surface area contributed by atoms with Crippen molar-refractivity contribution in [2.45, 2.75) is 25.3 Å². The highest BCUT2D eigenvalue weighted by Crippen LogP contribution is 2.45. The van der Waals surface area contributed by atoms with E-state index in [1.165, 1.54) is 13.3 Å². The molecule has 1 heterocycles. The maximum atomic E-state index is 13.9. The molecule has 3 rings (SSSR count). The minimum atomic E-state index is -3.24. The molecule has 0 spiro atoms. The number of hydrogen-bond donors (Lipinski definition) is 0. The van der Waals surface area contributed by atoms with E-state index in [-0.39, 0.29) is 29.3 Å². The van der Waals surface area contributed by atoms with E-state index in [0.29, 0.717) is 5.69 Å². The van der Waals surface area contributed by atoms with Crippen LogP contribution in [0.25, 0.3) is 0 Å². The molecule has 0 unspecified atom stereocenters. The fraction of sp³-hybridized carbons (Fsp3) is 0.357. The Morgan fingerprint density at radius 3 is 2.61 bits per heavy atom. The topological polar surface area (TPSA) is 38.8 Å². The van der Waals surface area contributed by atoms with Gasteiger partial charge in [0.15, 0.2) is 11.6 Å². The first-order valence-corrected chi connectivity index (χ1v) is 6.95. The second kappa shape index (κ2) is 5.79. The van der Waals surface area contributed by atoms with Crippen LogP contribution < -0.4 is 9.64 Å². The number of ether oxygens (including phenoxy) is 1. The summed E-state index contributed by atoms with van der Waals surface area (Å²) in [5.74, 6) is -3.69. The van der Waals surface area contributed by atoms with Crippen molar-refractivity contribution in [1.29, 1.82) is 0 Å². The number of carbonyl (C=O) groups excluding carboxylic acids is 1. The summed E-state index contributed by atoms with van der Waals surface area (Å²) >= 11 is 0. The van der Waals surface area contributed by atoms with Crippen molar-refractivity contribution in [3.63, 3.8) is 0 Å². The minimum absolute atomic E-state index is 0.0119. The first kappa shape index (κ1) is 15.7. The van der Waals surface area contributed by atoms with Crippen LogP contribution in [0.5, 0.6) is 5.75 Å². The van der Waals surface area contributed by atoms with E-state index in [0.717, 1.165) is 18.9 Å². The number of benzene rings is 1. The second-order valence-corrected chi connectivity index (χ2v) is 5.35. The molecule has 0 radical (unpaired) electrons. The molecule has 0 bridgehead atoms. The third-order valence-corrected chi connectivity index (χ3v) is 3.77. The van der Waals surface area contributed by atoms with E-state index in [1.54, 1.807) is 4.90 Å². The molecule has 1 fully saturated rings. The predicted octanol–water partition coefficient (Wildman–Crippen LogP) is 2.85. The van der Waals surface area contributed by atoms with Crippen molar-refractivity contribution < 1.29 is 31.6 Å². The number of anilines is 1. The van der Waals surface area contributed by atoms with E-state index in [4.69, 9.17) is 4.74 Å². The molecule has 0 N–H and O–H groups in total. The normalized spacial score (nSPS) is 16.6. The Hall–Kier alpha value is -2.19. The zero-order valence-corrected chi connectivity index (χ0v) is 12.1. The van der Waals surface area contributed by atoms with Gasteiger partial charge in [-0.3, -0.25) is 0 Å². The van der Waals surface area contributed by atoms with Crippen LogP contribution in [0.1, 0.15) is 18.4 Å². The minimum Gasteiger partial charge on any atom is -0.491 e. The van der Waals surface area contributed by atoms with E-state index >= 15 is 0 Å². The zero-order chi connectivity index (χ0) is 16.7. The monoisotopic (exact) mass is 329 g/mol. The molecule has 1 saturated carbocycles. The lowest BCUT2D eigenvalue weighted by Gasteiger charge is -2.30. The Morgan fingerprint density at radius 1 is 1.35 bits per heavy atom. The third-order valence-electron chi connectivity index (χ3n) is 3.77. The number of hydrogen-bond acceptors (Lipinski definition) is 4. The van der Waals surface area contributed by atoms with Crippen molar-refractivity contribution in [3.8, 4) is 5.75 Å². The molecule has 122 valence electrons. The van der Waals surface area contributed by atoms with E-state index in [9.17, 15) is 22.2 Å². The van der Waals surface area contributed by atoms with Gasteiger partial charge in [0.2, 0.25) is 5.82 Å². The van der Waals surface area contributed by atoms with Crippen LogP contribution in [0.15, 0.2) is 17.8 Å². The Bertz CT molecular complexity index is 691. The van der Waals surface area contributed by atoms with Gasteiger partial charge in [0.25, 0.3) is 0 Å². The van der Waals surface area contributed by atoms with Crippen LogP contribution in [-0.4, -0.2) is 26.6 Å². The maximum absolute atomic E-state index is 13.9. The van der Waals surface area contributed by atoms with Gasteiger partial charge in [-0.05, 0) is 24.5 Å². The number of methoxy groups -OCH3 is 1. The number of rotatable bonds is 4. The second-order valence-electron chi connectivity index (χ2n) is 5.35. The number of halogens is 4. The Balaban J connectivity index is 2.05. The predicted molar refractivity (Wildman–Crippen MR) is 74.3 cm³/mol. The lowest BCUT2D eigenvalue weighted by atomic mass is 9.98. The first-order valence-electron chi connectivity index (χ1n) is 6.95. The molecule has 1 aromatic rings. The fourth-order valence-electron chi connectivity index (χ4n) is 2.65. The van der Waals surface area contributed by atoms with Gasteiger partial charge < -0.3 is 14.3 Å². The molecule has 2 aliphatic rings. The van der Waals surface area contributed by atoms with Crippen LogP contribution in [0.4, 0.5) is 23.1 Å². The largest absolute Gasteiger partial charge is 0.798 e. The molecule has 9 heteroatoms. The molecule has 23 heavy (non-hydrogen) atoms. The molecule has 0 amide bonds. The average Bonchev–Trinajstić information content (AvgIpc) is 3.31. The molecule has 1 aliphatic carbocycles. The summed E-state index contributed by atoms with van der Waals surface area (Å²) in [5, 5.41) is 0. The summed E-state index contributed by atoms with van der Waals surface area (Å²) in [5.41, 5.74) is 0.566. The molecular weight excluding hydrogens is 317 g/mol. The van der Waals surface area contributed by atoms with Crippen molar-refractivity contribution in [1.82, 2.24) is 0 Å². The van der Waals surface area contributed by atoms with Crippen molar-refractivity contribution in [2.75, 3.05) is 12.0 Å². The Morgan fingerprint density at radius 2 is 2.04 bits per heavy atom. The van der Waals surface area contributed by atoms with Gasteiger partial charge in [-0.2, -0.15) is 4.39 Å². The van der Waals surface area contributed by atoms with Gasteiger partial charge >= 0.3 is 13.4 Å². The van der Waals surface area contributed by atoms with E-state index < -0.39 is 25.1 Å². The average molecular weight is 329 g/mol. The van der Waals surface area contributed by atoms with Gasteiger partial charge in [0, 0.05) is 18.7 Å². The number of fused-ring (bicyclic) bond motifs is 1. The first-order chi connectivity index (χ1) is 10.9. The van der Waals surface area contributed by atoms with Gasteiger partial charge in [0.05, 0.1) is 18.4 Å². The molecule has 0 aromatic heterocycles. The Labute approximate surface area is 129 Å². The van der Waals surface area contributed by atoms with Crippen molar-refractivity contribution in [3.05, 3.63) is 35.0 Å². The molecule has 4 nitrogen and oxygen atoms in total. The van der Waals surface area contributed by atoms with Crippen LogP contribution in [0.3, 0.4) is 0 Å². The summed E-state index contributed by atoms with van der Waals surface area (Å²) in [4.78, 5) is 13.3. The summed E-state index contributed by atoms with van der Waals surface area (Å²) in [6.07, 6.45) is 2.78. The van der Waals surface area contributed by atoms with E-state index in [2.05, 4.69) is 4.65 Å². The molecule has 0 atom stereocenters. The van der Waals surface area contributed by atoms with Crippen LogP contribution in [0, 0.1) is 11.6 Å². The maximum Gasteiger partial charge on any atom is 0.798 e. The quantitative estimate of drug-likeness (QED) is 0.629.